The van der Waals surface area contributed by atoms with E-state index in [1.54, 1.807) is 0 Å². The number of carbonyl (C=O) groups is 1. The van der Waals surface area contributed by atoms with E-state index in [1.807, 2.05) is 13.8 Å². The van der Waals surface area contributed by atoms with Crippen molar-refractivity contribution in [2.75, 3.05) is 6.61 Å². The van der Waals surface area contributed by atoms with E-state index < -0.39 is 0 Å². The highest BCUT2D eigenvalue weighted by molar-refractivity contribution is 5.50. The quantitative estimate of drug-likeness (QED) is 0.430. The molecule has 0 aliphatic rings. The van der Waals surface area contributed by atoms with Crippen molar-refractivity contribution in [1.82, 2.24) is 0 Å². The van der Waals surface area contributed by atoms with Crippen LogP contribution < -0.4 is 0 Å². The predicted molar refractivity (Wildman–Crippen MR) is 40.9 cm³/mol. The summed E-state index contributed by atoms with van der Waals surface area (Å²) in [5.74, 6) is 0. The smallest absolute Gasteiger partial charge is 0.145 e. The molecule has 58 valence electrons. The van der Waals surface area contributed by atoms with Crippen LogP contribution in [0, 0.1) is 0 Å². The number of carbonyl (C=O) groups excluding carboxylic acids is 1. The fraction of sp³-hybridized carbons (Fsp3) is 0.625. The van der Waals surface area contributed by atoms with Crippen molar-refractivity contribution in [3.8, 4) is 0 Å². The Labute approximate surface area is 61.9 Å². The molecular formula is C8H14O2. The molecule has 10 heavy (non-hydrogen) atoms. The van der Waals surface area contributed by atoms with Crippen LogP contribution in [0.15, 0.2) is 12.2 Å². The van der Waals surface area contributed by atoms with Crippen LogP contribution in [0.4, 0.5) is 0 Å². The molecule has 2 nitrogen and oxygen atoms in total. The molecule has 0 saturated carbocycles. The van der Waals surface area contributed by atoms with Crippen molar-refractivity contribution in [1.29, 1.82) is 0 Å². The molecule has 0 aliphatic carbocycles. The highest BCUT2D eigenvalue weighted by Gasteiger charge is 1.99. The summed E-state index contributed by atoms with van der Waals surface area (Å²) in [7, 11) is 0. The first-order valence-corrected chi connectivity index (χ1v) is 3.36. The molecule has 0 radical (unpaired) electrons. The number of ether oxygens (including phenoxy) is 1. The highest BCUT2D eigenvalue weighted by Crippen LogP contribution is 2.03. The van der Waals surface area contributed by atoms with Crippen LogP contribution in [-0.4, -0.2) is 19.0 Å². The minimum Gasteiger partial charge on any atom is -0.371 e. The fourth-order valence-electron chi connectivity index (χ4n) is 0.753. The normalized spacial score (nSPS) is 12.6. The number of rotatable bonds is 5. The molecule has 0 saturated heterocycles. The van der Waals surface area contributed by atoms with Gasteiger partial charge in [0.2, 0.25) is 0 Å². The van der Waals surface area contributed by atoms with Gasteiger partial charge in [-0.25, -0.2) is 0 Å². The molecular weight excluding hydrogens is 128 g/mol. The van der Waals surface area contributed by atoms with Gasteiger partial charge >= 0.3 is 0 Å². The van der Waals surface area contributed by atoms with Gasteiger partial charge in [0, 0.05) is 0 Å². The average Bonchev–Trinajstić information content (AvgIpc) is 1.82. The molecule has 0 amide bonds. The highest BCUT2D eigenvalue weighted by atomic mass is 16.5. The Morgan fingerprint density at radius 2 is 2.40 bits per heavy atom. The van der Waals surface area contributed by atoms with E-state index in [2.05, 4.69) is 6.58 Å². The van der Waals surface area contributed by atoms with E-state index in [9.17, 15) is 4.79 Å². The summed E-state index contributed by atoms with van der Waals surface area (Å²) in [6.45, 7) is 7.80. The van der Waals surface area contributed by atoms with Gasteiger partial charge in [-0.05, 0) is 20.3 Å². The molecule has 0 bridgehead atoms. The lowest BCUT2D eigenvalue weighted by atomic mass is 10.2. The Morgan fingerprint density at radius 3 is 2.80 bits per heavy atom. The SMILES string of the molecule is C=C(C)C[C@H](C)OCC=O. The summed E-state index contributed by atoms with van der Waals surface area (Å²) in [4.78, 5) is 9.85. The largest absolute Gasteiger partial charge is 0.371 e. The third-order valence-corrected chi connectivity index (χ3v) is 1.08. The Kier molecular flexibility index (Phi) is 4.85. The van der Waals surface area contributed by atoms with Crippen molar-refractivity contribution in [2.45, 2.75) is 26.4 Å². The topological polar surface area (TPSA) is 26.3 Å². The summed E-state index contributed by atoms with van der Waals surface area (Å²) in [6, 6.07) is 0. The fourth-order valence-corrected chi connectivity index (χ4v) is 0.753. The third-order valence-electron chi connectivity index (χ3n) is 1.08. The second-order valence-electron chi connectivity index (χ2n) is 2.47. The molecule has 0 rings (SSSR count). The van der Waals surface area contributed by atoms with Gasteiger partial charge in [0.1, 0.15) is 12.9 Å². The summed E-state index contributed by atoms with van der Waals surface area (Å²) in [6.07, 6.45) is 1.70. The Balaban J connectivity index is 3.33. The van der Waals surface area contributed by atoms with Crippen LogP contribution >= 0.6 is 0 Å². The predicted octanol–water partition coefficient (Wildman–Crippen LogP) is 1.56. The molecule has 0 aromatic rings. The number of hydrogen-bond acceptors (Lipinski definition) is 2. The van der Waals surface area contributed by atoms with Gasteiger partial charge < -0.3 is 9.53 Å². The Morgan fingerprint density at radius 1 is 1.80 bits per heavy atom. The van der Waals surface area contributed by atoms with Crippen LogP contribution in [0.3, 0.4) is 0 Å². The zero-order chi connectivity index (χ0) is 7.98. The van der Waals surface area contributed by atoms with Gasteiger partial charge in [-0.15, -0.1) is 6.58 Å². The maximum absolute atomic E-state index is 9.85. The molecule has 1 atom stereocenters. The first-order chi connectivity index (χ1) is 4.66. The van der Waals surface area contributed by atoms with Gasteiger partial charge in [-0.3, -0.25) is 0 Å². The van der Waals surface area contributed by atoms with Crippen LogP contribution in [-0.2, 0) is 9.53 Å². The summed E-state index contributed by atoms with van der Waals surface area (Å²) < 4.78 is 5.07. The Bertz CT molecular complexity index is 118. The molecule has 0 aromatic heterocycles. The van der Waals surface area contributed by atoms with E-state index in [0.717, 1.165) is 18.3 Å². The second-order valence-corrected chi connectivity index (χ2v) is 2.47. The lowest BCUT2D eigenvalue weighted by molar-refractivity contribution is -0.113. The lowest BCUT2D eigenvalue weighted by Gasteiger charge is -2.09. The summed E-state index contributed by atoms with van der Waals surface area (Å²) in [5.41, 5.74) is 1.08. The molecule has 0 N–H and O–H groups in total. The summed E-state index contributed by atoms with van der Waals surface area (Å²) >= 11 is 0. The maximum atomic E-state index is 9.85. The van der Waals surface area contributed by atoms with Crippen molar-refractivity contribution in [3.05, 3.63) is 12.2 Å². The van der Waals surface area contributed by atoms with E-state index in [1.165, 1.54) is 0 Å². The molecule has 0 unspecified atom stereocenters. The standard InChI is InChI=1S/C8H14O2/c1-7(2)6-8(3)10-5-4-9/h4,8H,1,5-6H2,2-3H3/t8-/m0/s1. The van der Waals surface area contributed by atoms with Crippen molar-refractivity contribution >= 4 is 6.29 Å². The van der Waals surface area contributed by atoms with Crippen LogP contribution in [0.2, 0.25) is 0 Å². The molecule has 2 heteroatoms. The summed E-state index contributed by atoms with van der Waals surface area (Å²) in [5, 5.41) is 0. The second kappa shape index (κ2) is 5.18. The third kappa shape index (κ3) is 5.51. The van der Waals surface area contributed by atoms with Gasteiger partial charge in [0.05, 0.1) is 6.10 Å². The average molecular weight is 142 g/mol. The van der Waals surface area contributed by atoms with E-state index in [0.29, 0.717) is 0 Å². The minimum atomic E-state index is 0.114. The van der Waals surface area contributed by atoms with Gasteiger partial charge in [0.15, 0.2) is 0 Å². The van der Waals surface area contributed by atoms with Crippen LogP contribution in [0.5, 0.6) is 0 Å². The van der Waals surface area contributed by atoms with Crippen LogP contribution in [0.25, 0.3) is 0 Å². The Hall–Kier alpha value is -0.630. The van der Waals surface area contributed by atoms with Crippen molar-refractivity contribution in [3.63, 3.8) is 0 Å². The van der Waals surface area contributed by atoms with E-state index in [-0.39, 0.29) is 12.7 Å². The van der Waals surface area contributed by atoms with Gasteiger partial charge in [-0.2, -0.15) is 0 Å². The number of hydrogen-bond donors (Lipinski definition) is 0. The molecule has 0 spiro atoms. The monoisotopic (exact) mass is 142 g/mol. The maximum Gasteiger partial charge on any atom is 0.145 e. The number of aldehydes is 1. The zero-order valence-corrected chi connectivity index (χ0v) is 6.59. The zero-order valence-electron chi connectivity index (χ0n) is 6.59. The molecule has 0 fully saturated rings. The first kappa shape index (κ1) is 9.37. The van der Waals surface area contributed by atoms with Gasteiger partial charge in [0.25, 0.3) is 0 Å². The molecule has 0 aromatic carbocycles. The lowest BCUT2D eigenvalue weighted by Crippen LogP contribution is -2.09. The molecule has 0 aliphatic heterocycles. The van der Waals surface area contributed by atoms with E-state index in [4.69, 9.17) is 4.74 Å². The van der Waals surface area contributed by atoms with Gasteiger partial charge in [-0.1, -0.05) is 5.57 Å². The molecule has 0 heterocycles. The minimum absolute atomic E-state index is 0.114. The van der Waals surface area contributed by atoms with E-state index >= 15 is 0 Å². The van der Waals surface area contributed by atoms with Crippen molar-refractivity contribution < 1.29 is 9.53 Å². The van der Waals surface area contributed by atoms with Crippen LogP contribution in [0.1, 0.15) is 20.3 Å². The first-order valence-electron chi connectivity index (χ1n) is 3.36. The van der Waals surface area contributed by atoms with Crippen molar-refractivity contribution in [2.24, 2.45) is 0 Å².